The summed E-state index contributed by atoms with van der Waals surface area (Å²) in [7, 11) is -3.71. The number of pyridine rings is 1. The van der Waals surface area contributed by atoms with Crippen molar-refractivity contribution in [1.29, 1.82) is 0 Å². The lowest BCUT2D eigenvalue weighted by atomic mass is 9.95. The summed E-state index contributed by atoms with van der Waals surface area (Å²) in [4.78, 5) is 4.14. The first kappa shape index (κ1) is 21.2. The summed E-state index contributed by atoms with van der Waals surface area (Å²) in [5.41, 5.74) is 2.82. The zero-order chi connectivity index (χ0) is 20.9. The number of hydrogen-bond acceptors (Lipinski definition) is 4. The topological polar surface area (TPSA) is 70.5 Å². The Morgan fingerprint density at radius 1 is 0.897 bits per heavy atom. The SMILES string of the molecule is CC(O)C(C)c1ccc(CN(Cc2ccccc2)S(=O)(=O)c2cccnc2)cc1. The van der Waals surface area contributed by atoms with Crippen LogP contribution in [0.1, 0.15) is 36.5 Å². The standard InChI is InChI=1S/C23H26N2O3S/c1-18(19(2)26)22-12-10-21(11-13-22)17-25(16-20-7-4-3-5-8-20)29(27,28)23-9-6-14-24-15-23/h3-15,18-19,26H,16-17H2,1-2H3. The van der Waals surface area contributed by atoms with Crippen LogP contribution in [0.2, 0.25) is 0 Å². The van der Waals surface area contributed by atoms with Crippen LogP contribution in [0.3, 0.4) is 0 Å². The lowest BCUT2D eigenvalue weighted by molar-refractivity contribution is 0.169. The lowest BCUT2D eigenvalue weighted by Gasteiger charge is -2.23. The van der Waals surface area contributed by atoms with E-state index in [1.165, 1.54) is 10.5 Å². The number of hydrogen-bond donors (Lipinski definition) is 1. The van der Waals surface area contributed by atoms with Crippen LogP contribution in [0, 0.1) is 0 Å². The van der Waals surface area contributed by atoms with Gasteiger partial charge in [-0.15, -0.1) is 0 Å². The van der Waals surface area contributed by atoms with Crippen LogP contribution in [0.5, 0.6) is 0 Å². The van der Waals surface area contributed by atoms with E-state index in [2.05, 4.69) is 4.98 Å². The van der Waals surface area contributed by atoms with Gasteiger partial charge in [-0.05, 0) is 35.7 Å². The lowest BCUT2D eigenvalue weighted by Crippen LogP contribution is -2.30. The van der Waals surface area contributed by atoms with Crippen LogP contribution in [0.15, 0.2) is 84.0 Å². The van der Waals surface area contributed by atoms with Crippen LogP contribution >= 0.6 is 0 Å². The second-order valence-electron chi connectivity index (χ2n) is 7.22. The summed E-state index contributed by atoms with van der Waals surface area (Å²) in [6, 6.07) is 20.5. The molecule has 1 heterocycles. The van der Waals surface area contributed by atoms with E-state index in [1.54, 1.807) is 25.3 Å². The molecule has 2 atom stereocenters. The van der Waals surface area contributed by atoms with E-state index in [-0.39, 0.29) is 23.9 Å². The minimum Gasteiger partial charge on any atom is -0.393 e. The van der Waals surface area contributed by atoms with Crippen molar-refractivity contribution in [1.82, 2.24) is 9.29 Å². The molecule has 0 saturated carbocycles. The third-order valence-corrected chi connectivity index (χ3v) is 6.84. The van der Waals surface area contributed by atoms with Gasteiger partial charge in [0.2, 0.25) is 10.0 Å². The first-order chi connectivity index (χ1) is 13.9. The highest BCUT2D eigenvalue weighted by Gasteiger charge is 2.25. The first-order valence-electron chi connectivity index (χ1n) is 9.59. The van der Waals surface area contributed by atoms with E-state index in [1.807, 2.05) is 61.5 Å². The number of nitrogens with zero attached hydrogens (tertiary/aromatic N) is 2. The second kappa shape index (κ2) is 9.31. The minimum absolute atomic E-state index is 0.0172. The zero-order valence-corrected chi connectivity index (χ0v) is 17.5. The fourth-order valence-corrected chi connectivity index (χ4v) is 4.45. The van der Waals surface area contributed by atoms with Gasteiger partial charge < -0.3 is 5.11 Å². The number of benzene rings is 2. The van der Waals surface area contributed by atoms with Crippen molar-refractivity contribution in [3.63, 3.8) is 0 Å². The molecule has 5 nitrogen and oxygen atoms in total. The highest BCUT2D eigenvalue weighted by atomic mass is 32.2. The molecule has 0 saturated heterocycles. The van der Waals surface area contributed by atoms with Crippen molar-refractivity contribution in [3.05, 3.63) is 95.8 Å². The molecule has 1 aromatic heterocycles. The third-order valence-electron chi connectivity index (χ3n) is 5.06. The first-order valence-corrected chi connectivity index (χ1v) is 11.0. The van der Waals surface area contributed by atoms with Crippen molar-refractivity contribution in [2.45, 2.75) is 43.9 Å². The van der Waals surface area contributed by atoms with Crippen LogP contribution in [-0.2, 0) is 23.1 Å². The number of rotatable bonds is 8. The normalized spacial score (nSPS) is 13.9. The average Bonchev–Trinajstić information content (AvgIpc) is 2.74. The summed E-state index contributed by atoms with van der Waals surface area (Å²) < 4.78 is 28.0. The Morgan fingerprint density at radius 2 is 1.52 bits per heavy atom. The number of aromatic nitrogens is 1. The van der Waals surface area contributed by atoms with Gasteiger partial charge in [-0.3, -0.25) is 4.98 Å². The van der Waals surface area contributed by atoms with Crippen LogP contribution in [-0.4, -0.2) is 28.9 Å². The number of sulfonamides is 1. The fraction of sp³-hybridized carbons (Fsp3) is 0.261. The minimum atomic E-state index is -3.71. The maximum absolute atomic E-state index is 13.3. The van der Waals surface area contributed by atoms with Gasteiger partial charge in [0, 0.05) is 31.4 Å². The quantitative estimate of drug-likeness (QED) is 0.610. The molecule has 0 bridgehead atoms. The van der Waals surface area contributed by atoms with Crippen molar-refractivity contribution in [3.8, 4) is 0 Å². The summed E-state index contributed by atoms with van der Waals surface area (Å²) in [5.74, 6) is 0.0172. The van der Waals surface area contributed by atoms with E-state index in [4.69, 9.17) is 0 Å². The molecule has 6 heteroatoms. The Morgan fingerprint density at radius 3 is 2.07 bits per heavy atom. The monoisotopic (exact) mass is 410 g/mol. The number of aliphatic hydroxyl groups is 1. The van der Waals surface area contributed by atoms with E-state index in [0.29, 0.717) is 0 Å². The van der Waals surface area contributed by atoms with Crippen molar-refractivity contribution >= 4 is 10.0 Å². The van der Waals surface area contributed by atoms with Gasteiger partial charge in [0.25, 0.3) is 0 Å². The molecule has 0 aliphatic rings. The van der Waals surface area contributed by atoms with Crippen molar-refractivity contribution in [2.24, 2.45) is 0 Å². The number of aliphatic hydroxyl groups excluding tert-OH is 1. The summed E-state index contributed by atoms with van der Waals surface area (Å²) >= 11 is 0. The van der Waals surface area contributed by atoms with Crippen LogP contribution < -0.4 is 0 Å². The van der Waals surface area contributed by atoms with Crippen molar-refractivity contribution in [2.75, 3.05) is 0 Å². The molecule has 0 fully saturated rings. The highest BCUT2D eigenvalue weighted by molar-refractivity contribution is 7.89. The van der Waals surface area contributed by atoms with E-state index >= 15 is 0 Å². The smallest absolute Gasteiger partial charge is 0.245 e. The average molecular weight is 411 g/mol. The molecular formula is C23H26N2O3S. The second-order valence-corrected chi connectivity index (χ2v) is 9.16. The Bertz CT molecular complexity index is 1010. The molecule has 0 amide bonds. The maximum atomic E-state index is 13.3. The van der Waals surface area contributed by atoms with Crippen molar-refractivity contribution < 1.29 is 13.5 Å². The molecule has 0 spiro atoms. The molecule has 0 radical (unpaired) electrons. The van der Waals surface area contributed by atoms with Gasteiger partial charge in [0.15, 0.2) is 0 Å². The predicted octanol–water partition coefficient (Wildman–Crippen LogP) is 3.96. The van der Waals surface area contributed by atoms with Gasteiger partial charge in [-0.25, -0.2) is 8.42 Å². The van der Waals surface area contributed by atoms with E-state index in [9.17, 15) is 13.5 Å². The van der Waals surface area contributed by atoms with E-state index in [0.717, 1.165) is 16.7 Å². The Labute approximate surface area is 172 Å². The Kier molecular flexibility index (Phi) is 6.79. The third kappa shape index (κ3) is 5.29. The molecule has 0 aliphatic carbocycles. The molecule has 3 rings (SSSR count). The predicted molar refractivity (Wildman–Crippen MR) is 114 cm³/mol. The molecular weight excluding hydrogens is 384 g/mol. The molecule has 2 unspecified atom stereocenters. The summed E-state index contributed by atoms with van der Waals surface area (Å²) in [6.07, 6.45) is 2.49. The molecule has 29 heavy (non-hydrogen) atoms. The van der Waals surface area contributed by atoms with Crippen LogP contribution in [0.25, 0.3) is 0 Å². The van der Waals surface area contributed by atoms with E-state index < -0.39 is 16.1 Å². The molecule has 0 aliphatic heterocycles. The Balaban J connectivity index is 1.89. The maximum Gasteiger partial charge on any atom is 0.245 e. The van der Waals surface area contributed by atoms with Gasteiger partial charge in [0.1, 0.15) is 4.90 Å². The largest absolute Gasteiger partial charge is 0.393 e. The molecule has 2 aromatic carbocycles. The van der Waals surface area contributed by atoms with Gasteiger partial charge >= 0.3 is 0 Å². The van der Waals surface area contributed by atoms with Gasteiger partial charge in [-0.2, -0.15) is 4.31 Å². The Hall–Kier alpha value is -2.54. The summed E-state index contributed by atoms with van der Waals surface area (Å²) in [5, 5.41) is 9.79. The molecule has 3 aromatic rings. The molecule has 1 N–H and O–H groups in total. The molecule has 152 valence electrons. The fourth-order valence-electron chi connectivity index (χ4n) is 3.07. The highest BCUT2D eigenvalue weighted by Crippen LogP contribution is 2.23. The van der Waals surface area contributed by atoms with Gasteiger partial charge in [-0.1, -0.05) is 61.5 Å². The van der Waals surface area contributed by atoms with Gasteiger partial charge in [0.05, 0.1) is 6.10 Å². The van der Waals surface area contributed by atoms with Crippen LogP contribution in [0.4, 0.5) is 0 Å². The summed E-state index contributed by atoms with van der Waals surface area (Å²) in [6.45, 7) is 4.24. The zero-order valence-electron chi connectivity index (χ0n) is 16.6.